The summed E-state index contributed by atoms with van der Waals surface area (Å²) >= 11 is 5.09. The molecule has 1 N–H and O–H groups in total. The summed E-state index contributed by atoms with van der Waals surface area (Å²) in [5, 5.41) is 11.8. The van der Waals surface area contributed by atoms with E-state index in [1.807, 2.05) is 11.8 Å². The second-order valence-corrected chi connectivity index (χ2v) is 7.45. The lowest BCUT2D eigenvalue weighted by Crippen LogP contribution is -2.47. The maximum absolute atomic E-state index is 14.8. The Hall–Kier alpha value is -2.51. The molecule has 1 atom stereocenters. The number of ether oxygens (including phenoxy) is 1. The molecule has 2 aliphatic heterocycles. The van der Waals surface area contributed by atoms with Gasteiger partial charge < -0.3 is 15.0 Å². The Morgan fingerprint density at radius 3 is 2.55 bits per heavy atom. The van der Waals surface area contributed by atoms with Crippen molar-refractivity contribution in [3.8, 4) is 6.07 Å². The van der Waals surface area contributed by atoms with Gasteiger partial charge in [-0.3, -0.25) is 9.80 Å². The highest BCUT2D eigenvalue weighted by Crippen LogP contribution is 2.31. The summed E-state index contributed by atoms with van der Waals surface area (Å²) in [5.41, 5.74) is 0.0156. The third-order valence-electron chi connectivity index (χ3n) is 5.02. The maximum Gasteiger partial charge on any atom is 0.414 e. The standard InChI is InChI=1S/C19H23F2N5O2S/c1-2-17(29)23-11-14-12-26(19(27)28-14)13-9-15(20)18(16(21)10-13)25-7-5-24(4-3-22)6-8-25/h9-10,14H,2,4-8,11-12H2,1H3,(H,23,29). The fraction of sp³-hybridized carbons (Fsp3) is 0.526. The van der Waals surface area contributed by atoms with Crippen molar-refractivity contribution < 1.29 is 18.3 Å². The first-order valence-corrected chi connectivity index (χ1v) is 9.92. The molecule has 0 bridgehead atoms. The molecular formula is C19H23F2N5O2S. The minimum absolute atomic E-state index is 0.107. The van der Waals surface area contributed by atoms with Crippen molar-refractivity contribution >= 4 is 34.7 Å². The van der Waals surface area contributed by atoms with Crippen LogP contribution in [-0.2, 0) is 4.74 Å². The Morgan fingerprint density at radius 2 is 1.97 bits per heavy atom. The molecule has 0 spiro atoms. The summed E-state index contributed by atoms with van der Waals surface area (Å²) in [6, 6.07) is 4.40. The zero-order chi connectivity index (χ0) is 21.0. The Balaban J connectivity index is 1.69. The average Bonchev–Trinajstić information content (AvgIpc) is 3.07. The molecule has 10 heteroatoms. The lowest BCUT2D eigenvalue weighted by molar-refractivity contribution is 0.143. The molecule has 2 fully saturated rings. The van der Waals surface area contributed by atoms with Gasteiger partial charge in [-0.25, -0.2) is 13.6 Å². The quantitative estimate of drug-likeness (QED) is 0.556. The van der Waals surface area contributed by atoms with Gasteiger partial charge in [0.2, 0.25) is 0 Å². The summed E-state index contributed by atoms with van der Waals surface area (Å²) in [7, 11) is 0. The lowest BCUT2D eigenvalue weighted by atomic mass is 10.2. The van der Waals surface area contributed by atoms with Gasteiger partial charge in [-0.1, -0.05) is 19.1 Å². The number of benzene rings is 1. The number of hydrogen-bond donors (Lipinski definition) is 1. The van der Waals surface area contributed by atoms with E-state index in [1.54, 1.807) is 4.90 Å². The van der Waals surface area contributed by atoms with Crippen molar-refractivity contribution in [1.82, 2.24) is 10.2 Å². The summed E-state index contributed by atoms with van der Waals surface area (Å²) in [6.07, 6.45) is -0.413. The van der Waals surface area contributed by atoms with Gasteiger partial charge in [0.25, 0.3) is 0 Å². The van der Waals surface area contributed by atoms with E-state index in [9.17, 15) is 13.6 Å². The number of anilines is 2. The van der Waals surface area contributed by atoms with Gasteiger partial charge in [0, 0.05) is 38.3 Å². The molecule has 2 heterocycles. The molecule has 156 valence electrons. The van der Waals surface area contributed by atoms with Crippen molar-refractivity contribution in [2.45, 2.75) is 19.4 Å². The van der Waals surface area contributed by atoms with Gasteiger partial charge >= 0.3 is 6.09 Å². The van der Waals surface area contributed by atoms with Gasteiger partial charge in [0.15, 0.2) is 11.6 Å². The van der Waals surface area contributed by atoms with Gasteiger partial charge in [-0.2, -0.15) is 5.26 Å². The molecule has 7 nitrogen and oxygen atoms in total. The number of rotatable bonds is 6. The van der Waals surface area contributed by atoms with E-state index in [0.29, 0.717) is 50.7 Å². The number of piperazine rings is 1. The Labute approximate surface area is 173 Å². The van der Waals surface area contributed by atoms with Gasteiger partial charge in [-0.15, -0.1) is 0 Å². The van der Waals surface area contributed by atoms with Crippen LogP contribution in [0.3, 0.4) is 0 Å². The molecular weight excluding hydrogens is 400 g/mol. The van der Waals surface area contributed by atoms with E-state index < -0.39 is 23.8 Å². The molecule has 1 aromatic rings. The number of carbonyl (C=O) groups excluding carboxylic acids is 1. The van der Waals surface area contributed by atoms with Gasteiger partial charge in [0.1, 0.15) is 11.8 Å². The van der Waals surface area contributed by atoms with Crippen LogP contribution in [0.15, 0.2) is 12.1 Å². The van der Waals surface area contributed by atoms with E-state index in [-0.39, 0.29) is 17.9 Å². The summed E-state index contributed by atoms with van der Waals surface area (Å²) in [4.78, 5) is 17.6. The van der Waals surface area contributed by atoms with E-state index in [0.717, 1.165) is 12.1 Å². The van der Waals surface area contributed by atoms with Crippen LogP contribution >= 0.6 is 12.2 Å². The highest BCUT2D eigenvalue weighted by molar-refractivity contribution is 7.80. The predicted molar refractivity (Wildman–Crippen MR) is 109 cm³/mol. The zero-order valence-electron chi connectivity index (χ0n) is 16.2. The van der Waals surface area contributed by atoms with E-state index in [4.69, 9.17) is 22.2 Å². The predicted octanol–water partition coefficient (Wildman–Crippen LogP) is 2.26. The monoisotopic (exact) mass is 423 g/mol. The van der Waals surface area contributed by atoms with Crippen LogP contribution in [0.5, 0.6) is 0 Å². The molecule has 0 aliphatic carbocycles. The van der Waals surface area contributed by atoms with Crippen LogP contribution in [0.1, 0.15) is 13.3 Å². The summed E-state index contributed by atoms with van der Waals surface area (Å²) in [6.45, 7) is 4.71. The minimum atomic E-state index is -0.727. The molecule has 0 radical (unpaired) electrons. The molecule has 1 aromatic carbocycles. The SMILES string of the molecule is CCC(=S)NCC1CN(c2cc(F)c(N3CCN(CC#N)CC3)c(F)c2)C(=O)O1. The average molecular weight is 423 g/mol. The molecule has 0 aromatic heterocycles. The molecule has 2 saturated heterocycles. The van der Waals surface area contributed by atoms with Crippen molar-refractivity contribution in [2.75, 3.05) is 55.6 Å². The largest absolute Gasteiger partial charge is 0.442 e. The van der Waals surface area contributed by atoms with Gasteiger partial charge in [0.05, 0.1) is 36.4 Å². The Morgan fingerprint density at radius 1 is 1.31 bits per heavy atom. The van der Waals surface area contributed by atoms with Crippen molar-refractivity contribution in [3.05, 3.63) is 23.8 Å². The minimum Gasteiger partial charge on any atom is -0.442 e. The van der Waals surface area contributed by atoms with E-state index >= 15 is 0 Å². The number of hydrogen-bond acceptors (Lipinski definition) is 6. The van der Waals surface area contributed by atoms with Crippen LogP contribution in [-0.4, -0.2) is 67.9 Å². The third-order valence-corrected chi connectivity index (χ3v) is 5.45. The highest BCUT2D eigenvalue weighted by atomic mass is 32.1. The molecule has 1 unspecified atom stereocenters. The van der Waals surface area contributed by atoms with Crippen LogP contribution in [0.4, 0.5) is 25.0 Å². The highest BCUT2D eigenvalue weighted by Gasteiger charge is 2.34. The summed E-state index contributed by atoms with van der Waals surface area (Å²) < 4.78 is 34.8. The lowest BCUT2D eigenvalue weighted by Gasteiger charge is -2.35. The molecule has 3 rings (SSSR count). The van der Waals surface area contributed by atoms with Crippen LogP contribution in [0.25, 0.3) is 0 Å². The first-order chi connectivity index (χ1) is 13.9. The second-order valence-electron chi connectivity index (χ2n) is 6.95. The maximum atomic E-state index is 14.8. The third kappa shape index (κ3) is 4.92. The molecule has 0 saturated carbocycles. The zero-order valence-corrected chi connectivity index (χ0v) is 17.0. The first-order valence-electron chi connectivity index (χ1n) is 9.51. The van der Waals surface area contributed by atoms with Crippen molar-refractivity contribution in [2.24, 2.45) is 0 Å². The van der Waals surface area contributed by atoms with Crippen molar-refractivity contribution in [3.63, 3.8) is 0 Å². The van der Waals surface area contributed by atoms with E-state index in [2.05, 4.69) is 11.4 Å². The topological polar surface area (TPSA) is 71.8 Å². The Kier molecular flexibility index (Phi) is 6.82. The van der Waals surface area contributed by atoms with Gasteiger partial charge in [-0.05, 0) is 6.42 Å². The number of halogens is 2. The number of carbonyl (C=O) groups is 1. The fourth-order valence-corrected chi connectivity index (χ4v) is 3.51. The molecule has 1 amide bonds. The van der Waals surface area contributed by atoms with Crippen molar-refractivity contribution in [1.29, 1.82) is 5.26 Å². The summed E-state index contributed by atoms with van der Waals surface area (Å²) in [5.74, 6) is -1.45. The van der Waals surface area contributed by atoms with Crippen LogP contribution in [0, 0.1) is 23.0 Å². The molecule has 2 aliphatic rings. The number of nitrogens with one attached hydrogen (secondary N) is 1. The molecule has 29 heavy (non-hydrogen) atoms. The van der Waals surface area contributed by atoms with Crippen LogP contribution in [0.2, 0.25) is 0 Å². The number of nitrogens with zero attached hydrogens (tertiary/aromatic N) is 4. The number of thiocarbonyl (C=S) groups is 1. The second kappa shape index (κ2) is 9.33. The number of cyclic esters (lactones) is 1. The first kappa shape index (κ1) is 21.2. The number of nitriles is 1. The Bertz CT molecular complexity index is 800. The smallest absolute Gasteiger partial charge is 0.414 e. The number of amides is 1. The normalized spacial score (nSPS) is 19.8. The fourth-order valence-electron chi connectivity index (χ4n) is 3.43. The van der Waals surface area contributed by atoms with Crippen LogP contribution < -0.4 is 15.1 Å². The van der Waals surface area contributed by atoms with E-state index in [1.165, 1.54) is 4.90 Å².